The van der Waals surface area contributed by atoms with E-state index in [1.165, 1.54) is 6.07 Å². The molecule has 3 rings (SSSR count). The SMILES string of the molecule is C[C@@H](CNS(=O)(=O)CCCCC1CCC(=O)NC1=O)c1ccc(F)c(OCC2CC2)c1. The molecule has 0 radical (unpaired) electrons. The zero-order valence-electron chi connectivity index (χ0n) is 17.9. The van der Waals surface area contributed by atoms with Crippen molar-refractivity contribution in [3.05, 3.63) is 29.6 Å². The van der Waals surface area contributed by atoms with Gasteiger partial charge in [-0.05, 0) is 61.6 Å². The normalized spacial score (nSPS) is 20.4. The van der Waals surface area contributed by atoms with E-state index < -0.39 is 15.8 Å². The molecule has 0 aromatic heterocycles. The maximum Gasteiger partial charge on any atom is 0.229 e. The third-order valence-electron chi connectivity index (χ3n) is 5.87. The summed E-state index contributed by atoms with van der Waals surface area (Å²) in [5.41, 5.74) is 0.813. The highest BCUT2D eigenvalue weighted by molar-refractivity contribution is 7.89. The number of hydrogen-bond acceptors (Lipinski definition) is 5. The molecule has 1 unspecified atom stereocenters. The van der Waals surface area contributed by atoms with E-state index in [-0.39, 0.29) is 41.7 Å². The Morgan fingerprint density at radius 3 is 2.71 bits per heavy atom. The van der Waals surface area contributed by atoms with Gasteiger partial charge in [-0.15, -0.1) is 0 Å². The van der Waals surface area contributed by atoms with Gasteiger partial charge in [0.05, 0.1) is 12.4 Å². The molecule has 1 aliphatic heterocycles. The lowest BCUT2D eigenvalue weighted by atomic mass is 9.93. The first-order chi connectivity index (χ1) is 14.7. The van der Waals surface area contributed by atoms with E-state index in [4.69, 9.17) is 4.74 Å². The fraction of sp³-hybridized carbons (Fsp3) is 0.636. The first kappa shape index (κ1) is 23.7. The van der Waals surface area contributed by atoms with Gasteiger partial charge in [-0.25, -0.2) is 17.5 Å². The van der Waals surface area contributed by atoms with Gasteiger partial charge in [0.15, 0.2) is 11.6 Å². The van der Waals surface area contributed by atoms with E-state index in [1.807, 2.05) is 6.92 Å². The molecule has 2 atom stereocenters. The summed E-state index contributed by atoms with van der Waals surface area (Å²) in [7, 11) is -3.45. The number of ether oxygens (including phenoxy) is 1. The lowest BCUT2D eigenvalue weighted by Gasteiger charge is -2.20. The Morgan fingerprint density at radius 2 is 2.00 bits per heavy atom. The second-order valence-corrected chi connectivity index (χ2v) is 10.6. The Kier molecular flexibility index (Phi) is 8.05. The van der Waals surface area contributed by atoms with Gasteiger partial charge in [-0.2, -0.15) is 0 Å². The van der Waals surface area contributed by atoms with Gasteiger partial charge in [0.2, 0.25) is 21.8 Å². The van der Waals surface area contributed by atoms with E-state index in [0.29, 0.717) is 44.6 Å². The van der Waals surface area contributed by atoms with Crippen molar-refractivity contribution in [3.8, 4) is 5.75 Å². The summed E-state index contributed by atoms with van der Waals surface area (Å²) in [4.78, 5) is 22.9. The van der Waals surface area contributed by atoms with Crippen LogP contribution in [0.15, 0.2) is 18.2 Å². The maximum absolute atomic E-state index is 14.0. The molecule has 0 bridgehead atoms. The molecule has 1 aromatic rings. The number of unbranched alkanes of at least 4 members (excludes halogenated alkanes) is 1. The topological polar surface area (TPSA) is 102 Å². The minimum Gasteiger partial charge on any atom is -0.490 e. The number of carbonyl (C=O) groups is 2. The number of sulfonamides is 1. The maximum atomic E-state index is 14.0. The highest BCUT2D eigenvalue weighted by Gasteiger charge is 2.26. The average Bonchev–Trinajstić information content (AvgIpc) is 3.55. The van der Waals surface area contributed by atoms with Crippen molar-refractivity contribution >= 4 is 21.8 Å². The predicted octanol–water partition coefficient (Wildman–Crippen LogP) is 2.86. The quantitative estimate of drug-likeness (QED) is 0.374. The third kappa shape index (κ3) is 7.57. The van der Waals surface area contributed by atoms with E-state index in [1.54, 1.807) is 12.1 Å². The number of hydrogen-bond donors (Lipinski definition) is 2. The van der Waals surface area contributed by atoms with Crippen LogP contribution in [0.2, 0.25) is 0 Å². The lowest BCUT2D eigenvalue weighted by Crippen LogP contribution is -2.40. The van der Waals surface area contributed by atoms with Gasteiger partial charge in [0, 0.05) is 18.9 Å². The molecule has 0 spiro atoms. The summed E-state index contributed by atoms with van der Waals surface area (Å²) in [6.45, 7) is 2.60. The van der Waals surface area contributed by atoms with Crippen molar-refractivity contribution in [3.63, 3.8) is 0 Å². The highest BCUT2D eigenvalue weighted by atomic mass is 32.2. The minimum atomic E-state index is -3.45. The van der Waals surface area contributed by atoms with Crippen molar-refractivity contribution in [1.82, 2.24) is 10.0 Å². The Hall–Kier alpha value is -2.00. The van der Waals surface area contributed by atoms with Crippen LogP contribution < -0.4 is 14.8 Å². The van der Waals surface area contributed by atoms with Crippen LogP contribution in [0.3, 0.4) is 0 Å². The van der Waals surface area contributed by atoms with Crippen molar-refractivity contribution in [1.29, 1.82) is 0 Å². The summed E-state index contributed by atoms with van der Waals surface area (Å²) in [5.74, 6) is -0.560. The van der Waals surface area contributed by atoms with Crippen LogP contribution in [0.25, 0.3) is 0 Å². The molecule has 2 amide bonds. The second kappa shape index (κ2) is 10.5. The number of nitrogens with one attached hydrogen (secondary N) is 2. The smallest absolute Gasteiger partial charge is 0.229 e. The average molecular weight is 455 g/mol. The number of benzene rings is 1. The summed E-state index contributed by atoms with van der Waals surface area (Å²) in [5, 5.41) is 2.32. The van der Waals surface area contributed by atoms with Gasteiger partial charge in [0.1, 0.15) is 0 Å². The van der Waals surface area contributed by atoms with E-state index in [0.717, 1.165) is 18.4 Å². The fourth-order valence-electron chi connectivity index (χ4n) is 3.57. The van der Waals surface area contributed by atoms with Crippen LogP contribution in [-0.2, 0) is 19.6 Å². The predicted molar refractivity (Wildman–Crippen MR) is 115 cm³/mol. The molecule has 1 aliphatic carbocycles. The minimum absolute atomic E-state index is 0.0217. The van der Waals surface area contributed by atoms with E-state index >= 15 is 0 Å². The lowest BCUT2D eigenvalue weighted by molar-refractivity contribution is -0.136. The second-order valence-electron chi connectivity index (χ2n) is 8.66. The van der Waals surface area contributed by atoms with Crippen molar-refractivity contribution < 1.29 is 27.1 Å². The largest absolute Gasteiger partial charge is 0.490 e. The number of amides is 2. The van der Waals surface area contributed by atoms with E-state index in [9.17, 15) is 22.4 Å². The molecule has 172 valence electrons. The third-order valence-corrected chi connectivity index (χ3v) is 7.31. The molecule has 31 heavy (non-hydrogen) atoms. The highest BCUT2D eigenvalue weighted by Crippen LogP contribution is 2.31. The van der Waals surface area contributed by atoms with Gasteiger partial charge < -0.3 is 4.74 Å². The van der Waals surface area contributed by atoms with Crippen LogP contribution in [0.1, 0.15) is 63.4 Å². The van der Waals surface area contributed by atoms with Gasteiger partial charge >= 0.3 is 0 Å². The molecule has 7 nitrogen and oxygen atoms in total. The number of imide groups is 1. The van der Waals surface area contributed by atoms with Crippen LogP contribution in [-0.4, -0.2) is 39.1 Å². The molecular weight excluding hydrogens is 423 g/mol. The molecule has 1 saturated carbocycles. The molecule has 1 heterocycles. The van der Waals surface area contributed by atoms with E-state index in [2.05, 4.69) is 10.0 Å². The van der Waals surface area contributed by atoms with Crippen molar-refractivity contribution in [2.75, 3.05) is 18.9 Å². The number of piperidine rings is 1. The standard InChI is InChI=1S/C22H31FN2O5S/c1-15(18-7-9-19(23)20(12-18)30-14-16-5-6-16)13-24-31(28,29)11-3-2-4-17-8-10-21(26)25-22(17)27/h7,9,12,15-17,24H,2-6,8,10-11,13-14H2,1H3,(H,25,26,27)/t15-,17?/m0/s1. The Bertz CT molecular complexity index is 901. The fourth-order valence-corrected chi connectivity index (χ4v) is 4.80. The molecule has 1 saturated heterocycles. The van der Waals surface area contributed by atoms with Gasteiger partial charge in [-0.3, -0.25) is 14.9 Å². The Balaban J connectivity index is 1.40. The molecule has 2 fully saturated rings. The van der Waals surface area contributed by atoms with Crippen LogP contribution in [0.4, 0.5) is 4.39 Å². The summed E-state index contributed by atoms with van der Waals surface area (Å²) in [6, 6.07) is 4.66. The van der Waals surface area contributed by atoms with Gasteiger partial charge in [0.25, 0.3) is 0 Å². The molecule has 9 heteroatoms. The summed E-state index contributed by atoms with van der Waals surface area (Å²) >= 11 is 0. The van der Waals surface area contributed by atoms with Crippen LogP contribution >= 0.6 is 0 Å². The van der Waals surface area contributed by atoms with Gasteiger partial charge in [-0.1, -0.05) is 19.4 Å². The molecule has 1 aromatic carbocycles. The summed E-state index contributed by atoms with van der Waals surface area (Å²) < 4.78 is 46.8. The molecule has 2 aliphatic rings. The Labute approximate surface area is 183 Å². The molecular formula is C22H31FN2O5S. The molecule has 2 N–H and O–H groups in total. The van der Waals surface area contributed by atoms with Crippen molar-refractivity contribution in [2.24, 2.45) is 11.8 Å². The number of rotatable bonds is 12. The summed E-state index contributed by atoms with van der Waals surface area (Å²) in [6.07, 6.45) is 4.71. The number of carbonyl (C=O) groups excluding carboxylic acids is 2. The van der Waals surface area contributed by atoms with Crippen LogP contribution in [0.5, 0.6) is 5.75 Å². The van der Waals surface area contributed by atoms with Crippen molar-refractivity contribution in [2.45, 2.75) is 57.8 Å². The monoisotopic (exact) mass is 454 g/mol. The van der Waals surface area contributed by atoms with Crippen LogP contribution in [0, 0.1) is 17.7 Å². The Morgan fingerprint density at radius 1 is 1.23 bits per heavy atom. The zero-order valence-corrected chi connectivity index (χ0v) is 18.7. The number of halogens is 1. The zero-order chi connectivity index (χ0) is 22.4. The first-order valence-corrected chi connectivity index (χ1v) is 12.6. The first-order valence-electron chi connectivity index (χ1n) is 11.0.